The van der Waals surface area contributed by atoms with Crippen molar-refractivity contribution < 1.29 is 23.4 Å². The first kappa shape index (κ1) is 25.9. The number of amides is 1. The molecule has 1 N–H and O–H groups in total. The van der Waals surface area contributed by atoms with Crippen LogP contribution in [0.15, 0.2) is 44.0 Å². The molecule has 0 spiro atoms. The number of piperidine rings is 1. The molecule has 0 unspecified atom stereocenters. The number of rotatable bonds is 5. The Morgan fingerprint density at radius 2 is 2.03 bits per heavy atom. The maximum atomic E-state index is 14.2. The molecule has 2 aromatic carbocycles. The van der Waals surface area contributed by atoms with Crippen molar-refractivity contribution in [2.24, 2.45) is 5.92 Å². The molecule has 2 atom stereocenters. The van der Waals surface area contributed by atoms with Gasteiger partial charge in [0.05, 0.1) is 17.6 Å². The third-order valence-corrected chi connectivity index (χ3v) is 8.65. The Labute approximate surface area is 223 Å². The summed E-state index contributed by atoms with van der Waals surface area (Å²) < 4.78 is 26.4. The third-order valence-electron chi connectivity index (χ3n) is 8.16. The molecule has 6 nitrogen and oxygen atoms in total. The van der Waals surface area contributed by atoms with E-state index in [4.69, 9.17) is 9.15 Å². The number of aliphatic hydroxyl groups is 1. The van der Waals surface area contributed by atoms with Crippen LogP contribution in [0.1, 0.15) is 54.4 Å². The second kappa shape index (κ2) is 10.2. The quantitative estimate of drug-likeness (QED) is 0.404. The van der Waals surface area contributed by atoms with E-state index in [0.717, 1.165) is 31.1 Å². The van der Waals surface area contributed by atoms with Crippen LogP contribution in [0.25, 0.3) is 11.0 Å². The Morgan fingerprint density at radius 1 is 1.22 bits per heavy atom. The summed E-state index contributed by atoms with van der Waals surface area (Å²) in [5, 5.41) is 11.7. The van der Waals surface area contributed by atoms with E-state index >= 15 is 0 Å². The summed E-state index contributed by atoms with van der Waals surface area (Å²) in [5.41, 5.74) is 1.32. The van der Waals surface area contributed by atoms with Crippen LogP contribution in [-0.4, -0.2) is 34.6 Å². The molecule has 0 radical (unpaired) electrons. The molecular weight excluding hydrogens is 541 g/mol. The third kappa shape index (κ3) is 5.06. The second-order valence-electron chi connectivity index (χ2n) is 10.4. The van der Waals surface area contributed by atoms with Crippen LogP contribution in [0.2, 0.25) is 0 Å². The van der Waals surface area contributed by atoms with Gasteiger partial charge in [-0.3, -0.25) is 4.79 Å². The Hall–Kier alpha value is -2.71. The van der Waals surface area contributed by atoms with Gasteiger partial charge in [-0.2, -0.15) is 0 Å². The number of hydrogen-bond donors (Lipinski definition) is 1. The van der Waals surface area contributed by atoms with Crippen LogP contribution >= 0.6 is 15.9 Å². The maximum absolute atomic E-state index is 14.2. The van der Waals surface area contributed by atoms with E-state index in [1.54, 1.807) is 30.0 Å². The number of benzene rings is 2. The smallest absolute Gasteiger partial charge is 0.340 e. The summed E-state index contributed by atoms with van der Waals surface area (Å²) in [7, 11) is 0. The number of carbonyl (C=O) groups excluding carboxylic acids is 1. The summed E-state index contributed by atoms with van der Waals surface area (Å²) in [6.07, 6.45) is 4.39. The first-order valence-electron chi connectivity index (χ1n) is 12.8. The van der Waals surface area contributed by atoms with Crippen LogP contribution in [-0.2, 0) is 17.8 Å². The van der Waals surface area contributed by atoms with Crippen molar-refractivity contribution in [3.63, 3.8) is 0 Å². The van der Waals surface area contributed by atoms with E-state index in [9.17, 15) is 19.1 Å². The molecule has 2 aliphatic rings. The Balaban J connectivity index is 1.35. The van der Waals surface area contributed by atoms with Crippen molar-refractivity contribution in [3.05, 3.63) is 73.3 Å². The molecule has 1 amide bonds. The molecule has 1 aliphatic heterocycles. The zero-order valence-corrected chi connectivity index (χ0v) is 22.7. The van der Waals surface area contributed by atoms with E-state index in [2.05, 4.69) is 15.9 Å². The summed E-state index contributed by atoms with van der Waals surface area (Å²) in [5.74, 6) is 0.108. The fourth-order valence-electron chi connectivity index (χ4n) is 5.79. The SMILES string of the molecule is Cc1c(CC(=O)N2CC[C@]3(O)CCCC[C@H]3C2)c(=O)oc2c(C)c(OCc3ccc(Br)cc3F)ccc12. The predicted molar refractivity (Wildman–Crippen MR) is 142 cm³/mol. The van der Waals surface area contributed by atoms with Gasteiger partial charge >= 0.3 is 5.63 Å². The lowest BCUT2D eigenvalue weighted by Gasteiger charge is -2.47. The van der Waals surface area contributed by atoms with Crippen molar-refractivity contribution in [2.75, 3.05) is 13.1 Å². The lowest BCUT2D eigenvalue weighted by molar-refractivity contribution is -0.142. The number of aryl methyl sites for hydroxylation is 2. The molecule has 0 bridgehead atoms. The minimum Gasteiger partial charge on any atom is -0.488 e. The van der Waals surface area contributed by atoms with Crippen LogP contribution < -0.4 is 10.4 Å². The molecule has 3 aromatic rings. The van der Waals surface area contributed by atoms with Crippen LogP contribution in [0.5, 0.6) is 5.75 Å². The minimum absolute atomic E-state index is 0.0323. The molecule has 1 saturated carbocycles. The number of halogens is 2. The standard InChI is InChI=1S/C29H31BrFNO5/c1-17-22-8-9-25(36-16-19-6-7-21(30)13-24(19)31)18(2)27(22)37-28(34)23(17)14-26(33)32-12-11-29(35)10-4-3-5-20(29)15-32/h6-9,13,20,35H,3-5,10-12,14-16H2,1-2H3/t20-,29+/m0/s1. The zero-order valence-electron chi connectivity index (χ0n) is 21.1. The van der Waals surface area contributed by atoms with Crippen molar-refractivity contribution in [1.29, 1.82) is 0 Å². The summed E-state index contributed by atoms with van der Waals surface area (Å²) >= 11 is 3.25. The van der Waals surface area contributed by atoms with Crippen molar-refractivity contribution in [1.82, 2.24) is 4.90 Å². The fraction of sp³-hybridized carbons (Fsp3) is 0.448. The lowest BCUT2D eigenvalue weighted by atomic mass is 9.71. The molecule has 1 aliphatic carbocycles. The van der Waals surface area contributed by atoms with Crippen molar-refractivity contribution >= 4 is 32.8 Å². The first-order chi connectivity index (χ1) is 17.7. The largest absolute Gasteiger partial charge is 0.488 e. The van der Waals surface area contributed by atoms with Crippen LogP contribution in [0.3, 0.4) is 0 Å². The van der Waals surface area contributed by atoms with E-state index in [1.165, 1.54) is 6.07 Å². The molecule has 1 saturated heterocycles. The van der Waals surface area contributed by atoms with Gasteiger partial charge in [0, 0.05) is 40.0 Å². The maximum Gasteiger partial charge on any atom is 0.340 e. The number of carbonyl (C=O) groups is 1. The van der Waals surface area contributed by atoms with E-state index in [-0.39, 0.29) is 30.7 Å². The van der Waals surface area contributed by atoms with Crippen molar-refractivity contribution in [3.8, 4) is 5.75 Å². The molecular formula is C29H31BrFNO5. The zero-order chi connectivity index (χ0) is 26.3. The molecule has 5 rings (SSSR count). The fourth-order valence-corrected chi connectivity index (χ4v) is 6.12. The summed E-state index contributed by atoms with van der Waals surface area (Å²) in [4.78, 5) is 28.0. The number of nitrogens with zero attached hydrogens (tertiary/aromatic N) is 1. The highest BCUT2D eigenvalue weighted by Crippen LogP contribution is 2.40. The van der Waals surface area contributed by atoms with E-state index in [1.807, 2.05) is 13.0 Å². The summed E-state index contributed by atoms with van der Waals surface area (Å²) in [6.45, 7) is 4.69. The van der Waals surface area contributed by atoms with E-state index < -0.39 is 11.2 Å². The first-order valence-corrected chi connectivity index (χ1v) is 13.6. The monoisotopic (exact) mass is 571 g/mol. The van der Waals surface area contributed by atoms with Gasteiger partial charge in [-0.05, 0) is 62.9 Å². The van der Waals surface area contributed by atoms with Gasteiger partial charge in [-0.1, -0.05) is 34.8 Å². The van der Waals surface area contributed by atoms with Crippen molar-refractivity contribution in [2.45, 2.75) is 64.6 Å². The molecule has 37 heavy (non-hydrogen) atoms. The summed E-state index contributed by atoms with van der Waals surface area (Å²) in [6, 6.07) is 8.38. The normalized spacial score (nSPS) is 21.6. The Kier molecular flexibility index (Phi) is 7.16. The average Bonchev–Trinajstić information content (AvgIpc) is 2.86. The Morgan fingerprint density at radius 3 is 2.81 bits per heavy atom. The number of ether oxygens (including phenoxy) is 1. The van der Waals surface area contributed by atoms with Gasteiger partial charge in [0.1, 0.15) is 23.8 Å². The predicted octanol–water partition coefficient (Wildman–Crippen LogP) is 5.59. The highest BCUT2D eigenvalue weighted by molar-refractivity contribution is 9.10. The lowest BCUT2D eigenvalue weighted by Crippen LogP contribution is -2.55. The average molecular weight is 572 g/mol. The molecule has 8 heteroatoms. The molecule has 2 fully saturated rings. The van der Waals surface area contributed by atoms with Crippen LogP contribution in [0.4, 0.5) is 4.39 Å². The van der Waals surface area contributed by atoms with Gasteiger partial charge < -0.3 is 19.2 Å². The molecule has 196 valence electrons. The second-order valence-corrected chi connectivity index (χ2v) is 11.3. The highest BCUT2D eigenvalue weighted by atomic mass is 79.9. The molecule has 2 heterocycles. The van der Waals surface area contributed by atoms with Gasteiger partial charge in [0.2, 0.25) is 5.91 Å². The molecule has 1 aromatic heterocycles. The van der Waals surface area contributed by atoms with E-state index in [0.29, 0.717) is 57.6 Å². The number of likely N-dealkylation sites (tertiary alicyclic amines) is 1. The Bertz CT molecular complexity index is 1420. The minimum atomic E-state index is -0.659. The van der Waals surface area contributed by atoms with Gasteiger partial charge in [0.15, 0.2) is 0 Å². The number of fused-ring (bicyclic) bond motifs is 2. The number of hydrogen-bond acceptors (Lipinski definition) is 5. The van der Waals surface area contributed by atoms with Gasteiger partial charge in [0.25, 0.3) is 0 Å². The highest BCUT2D eigenvalue weighted by Gasteiger charge is 2.43. The van der Waals surface area contributed by atoms with Gasteiger partial charge in [-0.25, -0.2) is 9.18 Å². The topological polar surface area (TPSA) is 80.0 Å². The van der Waals surface area contributed by atoms with Crippen LogP contribution in [0, 0.1) is 25.6 Å². The van der Waals surface area contributed by atoms with Gasteiger partial charge in [-0.15, -0.1) is 0 Å².